The number of nitrogens with one attached hydrogen (secondary N) is 2. The van der Waals surface area contributed by atoms with Gasteiger partial charge in [-0.25, -0.2) is 17.7 Å². The Morgan fingerprint density at radius 3 is 2.58 bits per heavy atom. The standard InChI is InChI=1S/C16H21N5O4S/c1-9-12-8-17-16(20-14(12)19-15(23)13(9)10(2)22)18-11-4-6-21(7-5-11)26(3,24)25/h8,11H,4-7H2,1-3H3,(H2,17,18,19,20,23). The van der Waals surface area contributed by atoms with E-state index in [-0.39, 0.29) is 17.4 Å². The van der Waals surface area contributed by atoms with E-state index in [1.807, 2.05) is 0 Å². The van der Waals surface area contributed by atoms with Crippen molar-refractivity contribution in [2.24, 2.45) is 0 Å². The fourth-order valence-electron chi connectivity index (χ4n) is 3.23. The summed E-state index contributed by atoms with van der Waals surface area (Å²) in [5.41, 5.74) is 0.580. The molecule has 1 aliphatic rings. The Morgan fingerprint density at radius 1 is 1.35 bits per heavy atom. The average Bonchev–Trinajstić information content (AvgIpc) is 2.53. The third-order valence-corrected chi connectivity index (χ3v) is 5.94. The second-order valence-corrected chi connectivity index (χ2v) is 8.53. The van der Waals surface area contributed by atoms with Gasteiger partial charge in [-0.2, -0.15) is 4.98 Å². The molecule has 2 N–H and O–H groups in total. The number of H-pyrrole nitrogens is 1. The molecular formula is C16H21N5O4S. The Kier molecular flexibility index (Phi) is 4.80. The molecule has 0 amide bonds. The predicted octanol–water partition coefficient (Wildman–Crippen LogP) is 0.665. The number of anilines is 1. The SMILES string of the molecule is CC(=O)c1c(C)c2cnc(NC3CCN(S(C)(=O)=O)CC3)nc2[nH]c1=O. The fraction of sp³-hybridized carbons (Fsp3) is 0.500. The third-order valence-electron chi connectivity index (χ3n) is 4.63. The van der Waals surface area contributed by atoms with Crippen molar-refractivity contribution in [3.63, 3.8) is 0 Å². The molecule has 10 heteroatoms. The summed E-state index contributed by atoms with van der Waals surface area (Å²) >= 11 is 0. The van der Waals surface area contributed by atoms with Crippen LogP contribution in [-0.4, -0.2) is 58.8 Å². The van der Waals surface area contributed by atoms with E-state index in [1.54, 1.807) is 13.1 Å². The molecule has 0 aliphatic carbocycles. The van der Waals surface area contributed by atoms with Gasteiger partial charge >= 0.3 is 0 Å². The van der Waals surface area contributed by atoms with E-state index in [1.165, 1.54) is 17.5 Å². The summed E-state index contributed by atoms with van der Waals surface area (Å²) in [6.45, 7) is 3.94. The van der Waals surface area contributed by atoms with Crippen LogP contribution >= 0.6 is 0 Å². The molecule has 9 nitrogen and oxygen atoms in total. The molecule has 2 aromatic rings. The number of piperidine rings is 1. The Bertz CT molecular complexity index is 1020. The van der Waals surface area contributed by atoms with Gasteiger partial charge in [0.1, 0.15) is 5.65 Å². The number of ketones is 1. The summed E-state index contributed by atoms with van der Waals surface area (Å²) in [4.78, 5) is 35.0. The smallest absolute Gasteiger partial charge is 0.260 e. The van der Waals surface area contributed by atoms with Crippen LogP contribution in [0.1, 0.15) is 35.7 Å². The maximum absolute atomic E-state index is 12.1. The topological polar surface area (TPSA) is 125 Å². The van der Waals surface area contributed by atoms with Crippen LogP contribution in [0.2, 0.25) is 0 Å². The minimum Gasteiger partial charge on any atom is -0.351 e. The van der Waals surface area contributed by atoms with Crippen LogP contribution in [-0.2, 0) is 10.0 Å². The first-order chi connectivity index (χ1) is 12.2. The number of sulfonamides is 1. The molecule has 140 valence electrons. The summed E-state index contributed by atoms with van der Waals surface area (Å²) in [6, 6.07) is 0.0507. The van der Waals surface area contributed by atoms with Crippen LogP contribution in [0.25, 0.3) is 11.0 Å². The molecule has 0 saturated carbocycles. The molecule has 2 aromatic heterocycles. The number of rotatable bonds is 4. The van der Waals surface area contributed by atoms with Crippen molar-refractivity contribution in [2.45, 2.75) is 32.7 Å². The minimum atomic E-state index is -3.16. The highest BCUT2D eigenvalue weighted by molar-refractivity contribution is 7.88. The molecule has 0 unspecified atom stereocenters. The molecule has 1 saturated heterocycles. The van der Waals surface area contributed by atoms with Crippen LogP contribution in [0.4, 0.5) is 5.95 Å². The number of hydrogen-bond acceptors (Lipinski definition) is 7. The van der Waals surface area contributed by atoms with Crippen LogP contribution in [0.15, 0.2) is 11.0 Å². The van der Waals surface area contributed by atoms with E-state index < -0.39 is 15.6 Å². The van der Waals surface area contributed by atoms with Gasteiger partial charge in [0.15, 0.2) is 5.78 Å². The summed E-state index contributed by atoms with van der Waals surface area (Å²) in [6.07, 6.45) is 4.08. The first kappa shape index (κ1) is 18.5. The second kappa shape index (κ2) is 6.76. The number of nitrogens with zero attached hydrogens (tertiary/aromatic N) is 3. The zero-order valence-electron chi connectivity index (χ0n) is 14.9. The number of aromatic nitrogens is 3. The molecule has 3 rings (SSSR count). The lowest BCUT2D eigenvalue weighted by Crippen LogP contribution is -2.42. The highest BCUT2D eigenvalue weighted by Gasteiger charge is 2.25. The Balaban J connectivity index is 1.81. The van der Waals surface area contributed by atoms with Crippen molar-refractivity contribution >= 4 is 32.8 Å². The van der Waals surface area contributed by atoms with Gasteiger partial charge in [-0.3, -0.25) is 9.59 Å². The molecule has 26 heavy (non-hydrogen) atoms. The van der Waals surface area contributed by atoms with Crippen LogP contribution in [0.5, 0.6) is 0 Å². The molecule has 1 fully saturated rings. The number of carbonyl (C=O) groups excluding carboxylic acids is 1. The lowest BCUT2D eigenvalue weighted by atomic mass is 10.1. The van der Waals surface area contributed by atoms with Gasteiger partial charge in [-0.1, -0.05) is 0 Å². The van der Waals surface area contributed by atoms with E-state index in [9.17, 15) is 18.0 Å². The van der Waals surface area contributed by atoms with Crippen LogP contribution < -0.4 is 10.9 Å². The number of Topliss-reactive ketones (excluding diaryl/α,β-unsaturated/α-hetero) is 1. The average molecular weight is 379 g/mol. The molecule has 0 bridgehead atoms. The van der Waals surface area contributed by atoms with E-state index in [4.69, 9.17) is 0 Å². The first-order valence-corrected chi connectivity index (χ1v) is 10.1. The summed E-state index contributed by atoms with van der Waals surface area (Å²) < 4.78 is 24.6. The number of pyridine rings is 1. The number of hydrogen-bond donors (Lipinski definition) is 2. The lowest BCUT2D eigenvalue weighted by Gasteiger charge is -2.30. The normalized spacial score (nSPS) is 16.7. The number of aromatic amines is 1. The van der Waals surface area contributed by atoms with Gasteiger partial charge in [-0.05, 0) is 32.3 Å². The maximum atomic E-state index is 12.1. The van der Waals surface area contributed by atoms with E-state index in [0.717, 1.165) is 0 Å². The van der Waals surface area contributed by atoms with E-state index in [0.29, 0.717) is 48.5 Å². The molecule has 3 heterocycles. The van der Waals surface area contributed by atoms with Gasteiger partial charge in [0.05, 0.1) is 11.8 Å². The lowest BCUT2D eigenvalue weighted by molar-refractivity contribution is 0.101. The minimum absolute atomic E-state index is 0.0507. The fourth-order valence-corrected chi connectivity index (χ4v) is 4.11. The maximum Gasteiger partial charge on any atom is 0.260 e. The quantitative estimate of drug-likeness (QED) is 0.748. The van der Waals surface area contributed by atoms with Crippen molar-refractivity contribution < 1.29 is 13.2 Å². The zero-order chi connectivity index (χ0) is 19.1. The molecular weight excluding hydrogens is 358 g/mol. The van der Waals surface area contributed by atoms with Gasteiger partial charge < -0.3 is 10.3 Å². The number of fused-ring (bicyclic) bond motifs is 1. The Morgan fingerprint density at radius 2 is 2.00 bits per heavy atom. The van der Waals surface area contributed by atoms with Crippen molar-refractivity contribution in [2.75, 3.05) is 24.7 Å². The summed E-state index contributed by atoms with van der Waals surface area (Å²) in [7, 11) is -3.16. The van der Waals surface area contributed by atoms with E-state index >= 15 is 0 Å². The van der Waals surface area contributed by atoms with Crippen LogP contribution in [0, 0.1) is 6.92 Å². The highest BCUT2D eigenvalue weighted by atomic mass is 32.2. The Labute approximate surface area is 150 Å². The van der Waals surface area contributed by atoms with Gasteiger partial charge in [0.2, 0.25) is 16.0 Å². The summed E-state index contributed by atoms with van der Waals surface area (Å²) in [5.74, 6) is 0.0615. The molecule has 0 aromatic carbocycles. The largest absolute Gasteiger partial charge is 0.351 e. The van der Waals surface area contributed by atoms with Crippen molar-refractivity contribution in [1.82, 2.24) is 19.3 Å². The number of aryl methyl sites for hydroxylation is 1. The van der Waals surface area contributed by atoms with Crippen LogP contribution in [0.3, 0.4) is 0 Å². The molecule has 0 radical (unpaired) electrons. The van der Waals surface area contributed by atoms with Crippen molar-refractivity contribution in [3.8, 4) is 0 Å². The zero-order valence-corrected chi connectivity index (χ0v) is 15.7. The molecule has 0 spiro atoms. The van der Waals surface area contributed by atoms with Crippen molar-refractivity contribution in [1.29, 1.82) is 0 Å². The first-order valence-electron chi connectivity index (χ1n) is 8.29. The van der Waals surface area contributed by atoms with Gasteiger partial charge in [0, 0.05) is 30.7 Å². The van der Waals surface area contributed by atoms with E-state index in [2.05, 4.69) is 20.3 Å². The third kappa shape index (κ3) is 3.61. The summed E-state index contributed by atoms with van der Waals surface area (Å²) in [5, 5.41) is 3.81. The monoisotopic (exact) mass is 379 g/mol. The number of carbonyl (C=O) groups is 1. The van der Waals surface area contributed by atoms with Gasteiger partial charge in [0.25, 0.3) is 5.56 Å². The van der Waals surface area contributed by atoms with Crippen molar-refractivity contribution in [3.05, 3.63) is 27.7 Å². The predicted molar refractivity (Wildman–Crippen MR) is 98.0 cm³/mol. The van der Waals surface area contributed by atoms with Gasteiger partial charge in [-0.15, -0.1) is 0 Å². The Hall–Kier alpha value is -2.33. The highest BCUT2D eigenvalue weighted by Crippen LogP contribution is 2.19. The molecule has 1 aliphatic heterocycles. The second-order valence-electron chi connectivity index (χ2n) is 6.55. The molecule has 0 atom stereocenters.